The van der Waals surface area contributed by atoms with Gasteiger partial charge >= 0.3 is 0 Å². The maximum Gasteiger partial charge on any atom is 0.135 e. The third-order valence-corrected chi connectivity index (χ3v) is 15.8. The summed E-state index contributed by atoms with van der Waals surface area (Å²) in [6.07, 6.45) is 0. The molecule has 70 heavy (non-hydrogen) atoms. The van der Waals surface area contributed by atoms with Crippen molar-refractivity contribution in [1.82, 2.24) is 0 Å². The van der Waals surface area contributed by atoms with Crippen LogP contribution < -0.4 is 4.90 Å². The molecule has 0 radical (unpaired) electrons. The summed E-state index contributed by atoms with van der Waals surface area (Å²) < 4.78 is 6.24. The van der Waals surface area contributed by atoms with Crippen LogP contribution in [0.5, 0.6) is 0 Å². The van der Waals surface area contributed by atoms with E-state index in [4.69, 9.17) is 4.42 Å². The first-order chi connectivity index (χ1) is 34.7. The van der Waals surface area contributed by atoms with Crippen LogP contribution in [0.4, 0.5) is 17.1 Å². The fourth-order valence-electron chi connectivity index (χ4n) is 13.0. The second kappa shape index (κ2) is 14.8. The van der Waals surface area contributed by atoms with Gasteiger partial charge < -0.3 is 9.32 Å². The zero-order valence-corrected chi connectivity index (χ0v) is 38.2. The number of fused-ring (bicyclic) bond motifs is 16. The normalized spacial score (nSPS) is 13.9. The van der Waals surface area contributed by atoms with Crippen molar-refractivity contribution in [3.8, 4) is 44.5 Å². The third-order valence-electron chi connectivity index (χ3n) is 15.8. The largest absolute Gasteiger partial charge is 0.456 e. The fraction of sp³-hybridized carbons (Fsp3) is 0.0294. The van der Waals surface area contributed by atoms with Gasteiger partial charge in [0.1, 0.15) is 11.2 Å². The molecule has 12 aromatic rings. The molecule has 0 amide bonds. The molecule has 11 aromatic carbocycles. The second-order valence-corrected chi connectivity index (χ2v) is 19.0. The molecule has 326 valence electrons. The molecule has 1 spiro atoms. The summed E-state index contributed by atoms with van der Waals surface area (Å²) in [6, 6.07) is 96.8. The summed E-state index contributed by atoms with van der Waals surface area (Å²) in [4.78, 5) is 2.52. The van der Waals surface area contributed by atoms with Gasteiger partial charge in [-0.05, 0) is 132 Å². The predicted molar refractivity (Wildman–Crippen MR) is 287 cm³/mol. The van der Waals surface area contributed by atoms with E-state index >= 15 is 0 Å². The van der Waals surface area contributed by atoms with Gasteiger partial charge in [0.2, 0.25) is 0 Å². The van der Waals surface area contributed by atoms with Crippen LogP contribution >= 0.6 is 0 Å². The quantitative estimate of drug-likeness (QED) is 0.165. The van der Waals surface area contributed by atoms with Crippen LogP contribution in [0.3, 0.4) is 0 Å². The molecule has 0 bridgehead atoms. The molecule has 1 heterocycles. The SMILES string of the molecule is c1ccc(C2(c3ccccc3)c3ccccc3-c3cc(N(c4ccc(-c5ccc6oc7ccccc7c6c5)cc4)c4cccc5c4-c4ccccc4C54c5ccccc5-c5ccccc54)ccc32)cc1. The van der Waals surface area contributed by atoms with E-state index in [0.717, 1.165) is 50.1 Å². The molecule has 0 N–H and O–H groups in total. The van der Waals surface area contributed by atoms with Crippen molar-refractivity contribution in [2.45, 2.75) is 10.8 Å². The lowest BCUT2D eigenvalue weighted by atomic mass is 9.68. The Bertz CT molecular complexity index is 3980. The van der Waals surface area contributed by atoms with Crippen LogP contribution in [-0.4, -0.2) is 0 Å². The van der Waals surface area contributed by atoms with Gasteiger partial charge in [-0.25, -0.2) is 0 Å². The van der Waals surface area contributed by atoms with E-state index in [1.807, 2.05) is 12.1 Å². The topological polar surface area (TPSA) is 16.4 Å². The predicted octanol–water partition coefficient (Wildman–Crippen LogP) is 17.4. The van der Waals surface area contributed by atoms with Gasteiger partial charge in [-0.2, -0.15) is 0 Å². The lowest BCUT2D eigenvalue weighted by Gasteiger charge is -2.34. The van der Waals surface area contributed by atoms with Gasteiger partial charge in [0, 0.05) is 27.7 Å². The Labute approximate surface area is 407 Å². The van der Waals surface area contributed by atoms with Gasteiger partial charge in [0.25, 0.3) is 0 Å². The minimum atomic E-state index is -0.497. The first-order valence-electron chi connectivity index (χ1n) is 24.3. The van der Waals surface area contributed by atoms with Crippen LogP contribution in [0, 0.1) is 0 Å². The number of nitrogens with zero attached hydrogens (tertiary/aromatic N) is 1. The summed E-state index contributed by atoms with van der Waals surface area (Å²) >= 11 is 0. The minimum Gasteiger partial charge on any atom is -0.456 e. The summed E-state index contributed by atoms with van der Waals surface area (Å²) in [6.45, 7) is 0. The fourth-order valence-corrected chi connectivity index (χ4v) is 13.0. The zero-order valence-electron chi connectivity index (χ0n) is 38.2. The lowest BCUT2D eigenvalue weighted by Crippen LogP contribution is -2.28. The Balaban J connectivity index is 0.978. The molecule has 0 saturated carbocycles. The minimum absolute atomic E-state index is 0.470. The van der Waals surface area contributed by atoms with Crippen LogP contribution in [0.1, 0.15) is 44.5 Å². The van der Waals surface area contributed by atoms with Gasteiger partial charge in [-0.15, -0.1) is 0 Å². The Kier molecular flexibility index (Phi) is 8.24. The molecule has 0 saturated heterocycles. The molecule has 15 rings (SSSR count). The van der Waals surface area contributed by atoms with E-state index in [9.17, 15) is 0 Å². The highest BCUT2D eigenvalue weighted by molar-refractivity contribution is 6.07. The highest BCUT2D eigenvalue weighted by Gasteiger charge is 2.52. The number of anilines is 3. The molecule has 0 aliphatic heterocycles. The highest BCUT2D eigenvalue weighted by atomic mass is 16.3. The van der Waals surface area contributed by atoms with Crippen molar-refractivity contribution in [1.29, 1.82) is 0 Å². The Morgan fingerprint density at radius 2 is 0.771 bits per heavy atom. The summed E-state index contributed by atoms with van der Waals surface area (Å²) in [5.41, 5.74) is 24.5. The third kappa shape index (κ3) is 5.17. The van der Waals surface area contributed by atoms with Crippen molar-refractivity contribution in [3.63, 3.8) is 0 Å². The smallest absolute Gasteiger partial charge is 0.135 e. The van der Waals surface area contributed by atoms with E-state index in [2.05, 4.69) is 254 Å². The molecule has 3 aliphatic rings. The van der Waals surface area contributed by atoms with Gasteiger partial charge in [0.05, 0.1) is 16.5 Å². The monoisotopic (exact) mass is 889 g/mol. The molecule has 2 heteroatoms. The molecule has 3 aliphatic carbocycles. The average molecular weight is 890 g/mol. The maximum atomic E-state index is 6.24. The van der Waals surface area contributed by atoms with Crippen LogP contribution in [0.15, 0.2) is 265 Å². The molecule has 0 atom stereocenters. The van der Waals surface area contributed by atoms with Crippen LogP contribution in [-0.2, 0) is 10.8 Å². The second-order valence-electron chi connectivity index (χ2n) is 19.0. The first-order valence-corrected chi connectivity index (χ1v) is 24.3. The summed E-state index contributed by atoms with van der Waals surface area (Å²) in [7, 11) is 0. The number of furan rings is 1. The maximum absolute atomic E-state index is 6.24. The van der Waals surface area contributed by atoms with E-state index in [1.54, 1.807) is 0 Å². The van der Waals surface area contributed by atoms with Gasteiger partial charge in [-0.1, -0.05) is 212 Å². The van der Waals surface area contributed by atoms with Crippen molar-refractivity contribution >= 4 is 39.0 Å². The van der Waals surface area contributed by atoms with Crippen LogP contribution in [0.2, 0.25) is 0 Å². The van der Waals surface area contributed by atoms with Gasteiger partial charge in [-0.3, -0.25) is 0 Å². The highest BCUT2D eigenvalue weighted by Crippen LogP contribution is 2.65. The van der Waals surface area contributed by atoms with E-state index in [-0.39, 0.29) is 0 Å². The van der Waals surface area contributed by atoms with Gasteiger partial charge in [0.15, 0.2) is 0 Å². The zero-order chi connectivity index (χ0) is 46.0. The molecular weight excluding hydrogens is 847 g/mol. The van der Waals surface area contributed by atoms with E-state index in [0.29, 0.717) is 0 Å². The number of para-hydroxylation sites is 1. The molecule has 1 aromatic heterocycles. The Morgan fingerprint density at radius 1 is 0.286 bits per heavy atom. The molecular formula is C68H43NO. The van der Waals surface area contributed by atoms with Crippen molar-refractivity contribution in [2.24, 2.45) is 0 Å². The molecule has 0 unspecified atom stereocenters. The molecule has 0 fully saturated rings. The van der Waals surface area contributed by atoms with E-state index < -0.39 is 10.8 Å². The van der Waals surface area contributed by atoms with E-state index in [1.165, 1.54) is 77.9 Å². The number of hydrogen-bond acceptors (Lipinski definition) is 2. The number of benzene rings is 11. The summed E-state index contributed by atoms with van der Waals surface area (Å²) in [5, 5.41) is 2.26. The Hall–Kier alpha value is -8.98. The number of rotatable bonds is 6. The molecule has 2 nitrogen and oxygen atoms in total. The number of hydrogen-bond donors (Lipinski definition) is 0. The van der Waals surface area contributed by atoms with Crippen molar-refractivity contribution in [3.05, 3.63) is 305 Å². The lowest BCUT2D eigenvalue weighted by molar-refractivity contribution is 0.669. The van der Waals surface area contributed by atoms with Crippen molar-refractivity contribution < 1.29 is 4.42 Å². The van der Waals surface area contributed by atoms with Crippen molar-refractivity contribution in [2.75, 3.05) is 4.90 Å². The Morgan fingerprint density at radius 3 is 1.44 bits per heavy atom. The average Bonchev–Trinajstić information content (AvgIpc) is 4.15. The first kappa shape index (κ1) is 39.1. The van der Waals surface area contributed by atoms with Crippen LogP contribution in [0.25, 0.3) is 66.4 Å². The summed E-state index contributed by atoms with van der Waals surface area (Å²) in [5.74, 6) is 0. The standard InChI is InChI=1S/C68H43NO/c1-3-18-46(19-4-1)67(47-20-5-2-6-21-47)57-27-12-9-24-52(57)55-43-49(39-40-61(55)67)69(48-37-34-44(35-38-48)45-36-41-65-56(42-45)53-25-11-16-33-64(53)70-65)63-32-17-31-62-66(63)54-26-10-15-30-60(54)68(62)58-28-13-7-22-50(58)51-23-8-14-29-59(51)68/h1-43H.